The van der Waals surface area contributed by atoms with Gasteiger partial charge in [0.05, 0.1) is 0 Å². The SMILES string of the molecule is O=S(=O)(Oc1cc2ccccc2cc1-c1cc2ccccc2cc1-c1ccccc1)C(F)(F)F. The summed E-state index contributed by atoms with van der Waals surface area (Å²) >= 11 is 0. The Labute approximate surface area is 194 Å². The Morgan fingerprint density at radius 1 is 0.559 bits per heavy atom. The van der Waals surface area contributed by atoms with Crippen molar-refractivity contribution >= 4 is 31.7 Å². The second kappa shape index (κ2) is 8.18. The van der Waals surface area contributed by atoms with Crippen molar-refractivity contribution in [1.29, 1.82) is 0 Å². The van der Waals surface area contributed by atoms with Gasteiger partial charge in [0.1, 0.15) is 0 Å². The molecule has 0 amide bonds. The van der Waals surface area contributed by atoms with Crippen molar-refractivity contribution in [3.05, 3.63) is 103 Å². The van der Waals surface area contributed by atoms with Gasteiger partial charge in [-0.05, 0) is 62.5 Å². The standard InChI is InChI=1S/C27H17F3O3S/c28-27(29,30)34(31,32)33-26-17-22-13-7-6-12-21(22)16-25(26)24-15-20-11-5-4-10-19(20)14-23(24)18-8-2-1-3-9-18/h1-17H. The van der Waals surface area contributed by atoms with E-state index in [0.717, 1.165) is 27.3 Å². The number of rotatable bonds is 4. The van der Waals surface area contributed by atoms with Crippen LogP contribution in [-0.2, 0) is 10.1 Å². The van der Waals surface area contributed by atoms with Gasteiger partial charge < -0.3 is 4.18 Å². The second-order valence-electron chi connectivity index (χ2n) is 7.79. The van der Waals surface area contributed by atoms with E-state index in [1.54, 1.807) is 24.3 Å². The molecule has 0 aromatic heterocycles. The van der Waals surface area contributed by atoms with E-state index in [-0.39, 0.29) is 11.3 Å². The molecule has 5 aromatic rings. The fraction of sp³-hybridized carbons (Fsp3) is 0.0370. The minimum absolute atomic E-state index is 0.246. The van der Waals surface area contributed by atoms with Crippen molar-refractivity contribution in [2.45, 2.75) is 5.51 Å². The first-order valence-corrected chi connectivity index (χ1v) is 11.8. The Balaban J connectivity index is 1.84. The molecule has 0 saturated heterocycles. The molecule has 0 bridgehead atoms. The lowest BCUT2D eigenvalue weighted by Gasteiger charge is -2.18. The van der Waals surface area contributed by atoms with Crippen LogP contribution in [0.15, 0.2) is 103 Å². The summed E-state index contributed by atoms with van der Waals surface area (Å²) in [6, 6.07) is 30.8. The second-order valence-corrected chi connectivity index (χ2v) is 9.33. The zero-order chi connectivity index (χ0) is 23.9. The van der Waals surface area contributed by atoms with Crippen LogP contribution in [0.3, 0.4) is 0 Å². The minimum Gasteiger partial charge on any atom is -0.375 e. The average Bonchev–Trinajstić information content (AvgIpc) is 2.82. The molecule has 0 spiro atoms. The maximum Gasteiger partial charge on any atom is 0.534 e. The Hall–Kier alpha value is -3.84. The molecular formula is C27H17F3O3S. The highest BCUT2D eigenvalue weighted by molar-refractivity contribution is 7.88. The molecule has 0 N–H and O–H groups in total. The summed E-state index contributed by atoms with van der Waals surface area (Å²) in [6.07, 6.45) is 0. The topological polar surface area (TPSA) is 43.4 Å². The van der Waals surface area contributed by atoms with Crippen molar-refractivity contribution in [3.8, 4) is 28.0 Å². The fourth-order valence-corrected chi connectivity index (χ4v) is 4.45. The highest BCUT2D eigenvalue weighted by Crippen LogP contribution is 2.43. The van der Waals surface area contributed by atoms with Gasteiger partial charge in [-0.15, -0.1) is 0 Å². The Morgan fingerprint density at radius 2 is 1.00 bits per heavy atom. The monoisotopic (exact) mass is 478 g/mol. The molecule has 0 aliphatic rings. The number of fused-ring (bicyclic) bond motifs is 2. The molecule has 0 saturated carbocycles. The molecule has 170 valence electrons. The zero-order valence-corrected chi connectivity index (χ0v) is 18.4. The van der Waals surface area contributed by atoms with Crippen LogP contribution in [0, 0.1) is 0 Å². The Morgan fingerprint density at radius 3 is 1.53 bits per heavy atom. The summed E-state index contributed by atoms with van der Waals surface area (Å²) in [4.78, 5) is 0. The van der Waals surface area contributed by atoms with E-state index >= 15 is 0 Å². The summed E-state index contributed by atoms with van der Waals surface area (Å²) in [5.74, 6) is -0.386. The van der Waals surface area contributed by atoms with E-state index < -0.39 is 15.6 Å². The van der Waals surface area contributed by atoms with Crippen LogP contribution < -0.4 is 4.18 Å². The van der Waals surface area contributed by atoms with Gasteiger partial charge in [0.15, 0.2) is 5.75 Å². The molecule has 0 unspecified atom stereocenters. The highest BCUT2D eigenvalue weighted by atomic mass is 32.2. The van der Waals surface area contributed by atoms with E-state index in [4.69, 9.17) is 4.18 Å². The van der Waals surface area contributed by atoms with Gasteiger partial charge in [-0.2, -0.15) is 21.6 Å². The van der Waals surface area contributed by atoms with Crippen molar-refractivity contribution in [2.75, 3.05) is 0 Å². The minimum atomic E-state index is -5.87. The van der Waals surface area contributed by atoms with Crippen molar-refractivity contribution in [3.63, 3.8) is 0 Å². The van der Waals surface area contributed by atoms with Gasteiger partial charge in [0.2, 0.25) is 0 Å². The molecule has 0 heterocycles. The van der Waals surface area contributed by atoms with Crippen LogP contribution in [0.5, 0.6) is 5.75 Å². The molecule has 3 nitrogen and oxygen atoms in total. The molecule has 7 heteroatoms. The maximum absolute atomic E-state index is 13.2. The number of benzene rings is 5. The van der Waals surface area contributed by atoms with E-state index in [9.17, 15) is 21.6 Å². The van der Waals surface area contributed by atoms with Gasteiger partial charge in [-0.25, -0.2) is 0 Å². The largest absolute Gasteiger partial charge is 0.534 e. The first-order valence-electron chi connectivity index (χ1n) is 10.3. The Kier molecular flexibility index (Phi) is 5.29. The average molecular weight is 478 g/mol. The summed E-state index contributed by atoms with van der Waals surface area (Å²) in [6.45, 7) is 0. The zero-order valence-electron chi connectivity index (χ0n) is 17.6. The van der Waals surface area contributed by atoms with E-state index in [0.29, 0.717) is 10.9 Å². The predicted octanol–water partition coefficient (Wildman–Crippen LogP) is 7.56. The van der Waals surface area contributed by atoms with Crippen LogP contribution in [0.4, 0.5) is 13.2 Å². The highest BCUT2D eigenvalue weighted by Gasteiger charge is 2.48. The first-order chi connectivity index (χ1) is 16.2. The first kappa shape index (κ1) is 22.0. The van der Waals surface area contributed by atoms with Gasteiger partial charge in [-0.3, -0.25) is 0 Å². The lowest BCUT2D eigenvalue weighted by molar-refractivity contribution is -0.0499. The fourth-order valence-electron chi connectivity index (χ4n) is 3.98. The number of halogens is 3. The molecule has 0 aliphatic heterocycles. The Bertz CT molecular complexity index is 1630. The summed E-state index contributed by atoms with van der Waals surface area (Å²) in [5.41, 5.74) is -3.18. The van der Waals surface area contributed by atoms with Crippen molar-refractivity contribution in [1.82, 2.24) is 0 Å². The normalized spacial score (nSPS) is 12.2. The number of hydrogen-bond acceptors (Lipinski definition) is 3. The number of alkyl halides is 3. The molecule has 0 aliphatic carbocycles. The van der Waals surface area contributed by atoms with Crippen LogP contribution in [0.2, 0.25) is 0 Å². The van der Waals surface area contributed by atoms with Crippen LogP contribution in [0.1, 0.15) is 0 Å². The van der Waals surface area contributed by atoms with Gasteiger partial charge in [0, 0.05) is 5.56 Å². The quantitative estimate of drug-likeness (QED) is 0.198. The van der Waals surface area contributed by atoms with Crippen LogP contribution in [-0.4, -0.2) is 13.9 Å². The van der Waals surface area contributed by atoms with E-state index in [1.807, 2.05) is 72.8 Å². The van der Waals surface area contributed by atoms with Crippen molar-refractivity contribution in [2.24, 2.45) is 0 Å². The third-order valence-corrected chi connectivity index (χ3v) is 6.56. The third-order valence-electron chi connectivity index (χ3n) is 5.59. The predicted molar refractivity (Wildman–Crippen MR) is 128 cm³/mol. The summed E-state index contributed by atoms with van der Waals surface area (Å²) in [5, 5.41) is 3.09. The summed E-state index contributed by atoms with van der Waals surface area (Å²) in [7, 11) is -5.87. The molecule has 5 aromatic carbocycles. The maximum atomic E-state index is 13.2. The molecule has 0 radical (unpaired) electrons. The van der Waals surface area contributed by atoms with E-state index in [2.05, 4.69) is 0 Å². The smallest absolute Gasteiger partial charge is 0.375 e. The third kappa shape index (κ3) is 3.99. The molecule has 0 fully saturated rings. The lowest BCUT2D eigenvalue weighted by Crippen LogP contribution is -2.28. The van der Waals surface area contributed by atoms with Gasteiger partial charge in [-0.1, -0.05) is 78.9 Å². The van der Waals surface area contributed by atoms with Crippen LogP contribution in [0.25, 0.3) is 43.8 Å². The summed E-state index contributed by atoms with van der Waals surface area (Å²) < 4.78 is 68.3. The van der Waals surface area contributed by atoms with Gasteiger partial charge in [0.25, 0.3) is 0 Å². The lowest BCUT2D eigenvalue weighted by atomic mass is 9.90. The van der Waals surface area contributed by atoms with Crippen LogP contribution >= 0.6 is 0 Å². The number of hydrogen-bond donors (Lipinski definition) is 0. The molecule has 5 rings (SSSR count). The van der Waals surface area contributed by atoms with E-state index in [1.165, 1.54) is 6.07 Å². The molecular weight excluding hydrogens is 461 g/mol. The molecule has 0 atom stereocenters. The van der Waals surface area contributed by atoms with Crippen molar-refractivity contribution < 1.29 is 25.8 Å². The van der Waals surface area contributed by atoms with Gasteiger partial charge >= 0.3 is 15.6 Å². The molecule has 34 heavy (non-hydrogen) atoms.